The van der Waals surface area contributed by atoms with Crippen LogP contribution in [0.5, 0.6) is 0 Å². The van der Waals surface area contributed by atoms with E-state index in [-0.39, 0.29) is 11.3 Å². The molecule has 1 amide bonds. The Hall–Kier alpha value is -1.31. The van der Waals surface area contributed by atoms with E-state index >= 15 is 0 Å². The zero-order valence-corrected chi connectivity index (χ0v) is 11.4. The van der Waals surface area contributed by atoms with Gasteiger partial charge < -0.3 is 15.7 Å². The molecule has 20 heavy (non-hydrogen) atoms. The highest BCUT2D eigenvalue weighted by Gasteiger charge is 2.55. The van der Waals surface area contributed by atoms with E-state index in [1.165, 1.54) is 0 Å². The molecule has 0 bridgehead atoms. The van der Waals surface area contributed by atoms with Gasteiger partial charge in [-0.1, -0.05) is 13.8 Å². The SMILES string of the molecule is CC(C)C1NC(=O)C12CCNCC2.O=C(O)C(F)(F)F. The highest BCUT2D eigenvalue weighted by Crippen LogP contribution is 2.42. The number of nitrogens with one attached hydrogen (secondary N) is 2. The van der Waals surface area contributed by atoms with E-state index in [1.807, 2.05) is 0 Å². The number of β-lactam (4-membered cyclic amide) rings is 1. The van der Waals surface area contributed by atoms with Crippen LogP contribution in [0, 0.1) is 11.3 Å². The Morgan fingerprint density at radius 3 is 2.10 bits per heavy atom. The number of hydrogen-bond donors (Lipinski definition) is 3. The molecule has 0 aromatic heterocycles. The van der Waals surface area contributed by atoms with Crippen LogP contribution in [0.2, 0.25) is 0 Å². The van der Waals surface area contributed by atoms with Gasteiger partial charge in [-0.2, -0.15) is 13.2 Å². The third-order valence-electron chi connectivity index (χ3n) is 3.74. The molecular weight excluding hydrogens is 277 g/mol. The molecule has 2 aliphatic heterocycles. The Bertz CT molecular complexity index is 377. The number of carboxylic acid groups (broad SMARTS) is 1. The zero-order chi connectivity index (χ0) is 15.6. The van der Waals surface area contributed by atoms with Crippen LogP contribution in [0.4, 0.5) is 13.2 Å². The van der Waals surface area contributed by atoms with Crippen molar-refractivity contribution < 1.29 is 27.9 Å². The van der Waals surface area contributed by atoms with Gasteiger partial charge in [0.2, 0.25) is 5.91 Å². The fourth-order valence-electron chi connectivity index (χ4n) is 2.70. The molecule has 1 unspecified atom stereocenters. The number of hydrogen-bond acceptors (Lipinski definition) is 3. The standard InChI is InChI=1S/C10H18N2O.C2HF3O2/c1-7(2)8-10(9(13)12-8)3-5-11-6-4-10;3-2(4,5)1(6)7/h7-8,11H,3-6H2,1-2H3,(H,12,13);(H,6,7). The summed E-state index contributed by atoms with van der Waals surface area (Å²) < 4.78 is 31.7. The first-order chi connectivity index (χ1) is 9.11. The fourth-order valence-corrected chi connectivity index (χ4v) is 2.70. The number of carboxylic acids is 1. The van der Waals surface area contributed by atoms with E-state index in [9.17, 15) is 18.0 Å². The van der Waals surface area contributed by atoms with Crippen LogP contribution in [0.15, 0.2) is 0 Å². The van der Waals surface area contributed by atoms with Crippen LogP contribution in [0.25, 0.3) is 0 Å². The third-order valence-corrected chi connectivity index (χ3v) is 3.74. The maximum absolute atomic E-state index is 11.6. The predicted octanol–water partition coefficient (Wildman–Crippen LogP) is 1.14. The van der Waals surface area contributed by atoms with Gasteiger partial charge in [-0.3, -0.25) is 4.79 Å². The molecule has 2 rings (SSSR count). The van der Waals surface area contributed by atoms with E-state index in [2.05, 4.69) is 24.5 Å². The average Bonchev–Trinajstić information content (AvgIpc) is 2.36. The lowest BCUT2D eigenvalue weighted by molar-refractivity contribution is -0.192. The summed E-state index contributed by atoms with van der Waals surface area (Å²) in [6.45, 7) is 6.37. The van der Waals surface area contributed by atoms with Crippen molar-refractivity contribution in [3.63, 3.8) is 0 Å². The second-order valence-electron chi connectivity index (χ2n) is 5.40. The highest BCUT2D eigenvalue weighted by molar-refractivity contribution is 5.90. The largest absolute Gasteiger partial charge is 0.490 e. The Morgan fingerprint density at radius 1 is 1.35 bits per heavy atom. The van der Waals surface area contributed by atoms with Crippen molar-refractivity contribution in [2.75, 3.05) is 13.1 Å². The lowest BCUT2D eigenvalue weighted by Crippen LogP contribution is -2.71. The fraction of sp³-hybridized carbons (Fsp3) is 0.833. The maximum atomic E-state index is 11.6. The number of piperidine rings is 1. The first-order valence-corrected chi connectivity index (χ1v) is 6.43. The second kappa shape index (κ2) is 5.99. The predicted molar refractivity (Wildman–Crippen MR) is 65.0 cm³/mol. The molecule has 0 aliphatic carbocycles. The van der Waals surface area contributed by atoms with Crippen LogP contribution in [0.3, 0.4) is 0 Å². The number of rotatable bonds is 1. The van der Waals surface area contributed by atoms with Gasteiger partial charge in [0.15, 0.2) is 0 Å². The quantitative estimate of drug-likeness (QED) is 0.634. The first-order valence-electron chi connectivity index (χ1n) is 6.43. The minimum absolute atomic E-state index is 0.0145. The summed E-state index contributed by atoms with van der Waals surface area (Å²) >= 11 is 0. The van der Waals surface area contributed by atoms with Gasteiger partial charge in [-0.05, 0) is 31.8 Å². The molecule has 2 fully saturated rings. The van der Waals surface area contributed by atoms with Crippen LogP contribution >= 0.6 is 0 Å². The van der Waals surface area contributed by atoms with E-state index in [0.29, 0.717) is 12.0 Å². The molecule has 0 aromatic carbocycles. The van der Waals surface area contributed by atoms with Crippen molar-refractivity contribution in [2.45, 2.75) is 38.9 Å². The number of carbonyl (C=O) groups excluding carboxylic acids is 1. The Morgan fingerprint density at radius 2 is 1.80 bits per heavy atom. The summed E-state index contributed by atoms with van der Waals surface area (Å²) in [5.74, 6) is -1.91. The van der Waals surface area contributed by atoms with Gasteiger partial charge in [-0.15, -0.1) is 0 Å². The van der Waals surface area contributed by atoms with Gasteiger partial charge in [-0.25, -0.2) is 4.79 Å². The van der Waals surface area contributed by atoms with Crippen LogP contribution < -0.4 is 10.6 Å². The molecule has 5 nitrogen and oxygen atoms in total. The number of amides is 1. The molecule has 0 radical (unpaired) electrons. The van der Waals surface area contributed by atoms with E-state index in [4.69, 9.17) is 9.90 Å². The molecule has 2 heterocycles. The lowest BCUT2D eigenvalue weighted by atomic mass is 9.63. The molecule has 116 valence electrons. The van der Waals surface area contributed by atoms with Crippen molar-refractivity contribution in [3.05, 3.63) is 0 Å². The molecule has 3 N–H and O–H groups in total. The van der Waals surface area contributed by atoms with Gasteiger partial charge in [0.05, 0.1) is 5.41 Å². The van der Waals surface area contributed by atoms with Gasteiger partial charge in [0, 0.05) is 6.04 Å². The summed E-state index contributed by atoms with van der Waals surface area (Å²) in [7, 11) is 0. The van der Waals surface area contributed by atoms with Gasteiger partial charge >= 0.3 is 12.1 Å². The Labute approximate surface area is 114 Å². The second-order valence-corrected chi connectivity index (χ2v) is 5.40. The molecule has 2 saturated heterocycles. The minimum Gasteiger partial charge on any atom is -0.475 e. The van der Waals surface area contributed by atoms with Crippen molar-refractivity contribution in [2.24, 2.45) is 11.3 Å². The Balaban J connectivity index is 0.000000246. The monoisotopic (exact) mass is 296 g/mol. The van der Waals surface area contributed by atoms with Crippen LogP contribution in [0.1, 0.15) is 26.7 Å². The van der Waals surface area contributed by atoms with E-state index < -0.39 is 12.1 Å². The molecule has 0 aromatic rings. The topological polar surface area (TPSA) is 78.4 Å². The molecule has 1 spiro atoms. The number of halogens is 3. The summed E-state index contributed by atoms with van der Waals surface area (Å²) in [6.07, 6.45) is -3.05. The third kappa shape index (κ3) is 3.41. The average molecular weight is 296 g/mol. The number of alkyl halides is 3. The highest BCUT2D eigenvalue weighted by atomic mass is 19.4. The van der Waals surface area contributed by atoms with Gasteiger partial charge in [0.25, 0.3) is 0 Å². The molecule has 0 saturated carbocycles. The first kappa shape index (κ1) is 16.7. The van der Waals surface area contributed by atoms with Crippen molar-refractivity contribution in [1.82, 2.24) is 10.6 Å². The normalized spacial score (nSPS) is 24.5. The van der Waals surface area contributed by atoms with E-state index in [0.717, 1.165) is 25.9 Å². The molecule has 2 aliphatic rings. The van der Waals surface area contributed by atoms with Crippen molar-refractivity contribution in [3.8, 4) is 0 Å². The summed E-state index contributed by atoms with van der Waals surface area (Å²) in [6, 6.07) is 0.419. The Kier molecular flexibility index (Phi) is 5.01. The zero-order valence-electron chi connectivity index (χ0n) is 11.4. The van der Waals surface area contributed by atoms with Crippen molar-refractivity contribution in [1.29, 1.82) is 0 Å². The van der Waals surface area contributed by atoms with Crippen LogP contribution in [-0.2, 0) is 9.59 Å². The molecular formula is C12H19F3N2O3. The van der Waals surface area contributed by atoms with E-state index in [1.54, 1.807) is 0 Å². The van der Waals surface area contributed by atoms with Crippen molar-refractivity contribution >= 4 is 11.9 Å². The molecule has 1 atom stereocenters. The smallest absolute Gasteiger partial charge is 0.475 e. The summed E-state index contributed by atoms with van der Waals surface area (Å²) in [5.41, 5.74) is -0.0145. The lowest BCUT2D eigenvalue weighted by Gasteiger charge is -2.52. The van der Waals surface area contributed by atoms with Gasteiger partial charge in [0.1, 0.15) is 0 Å². The maximum Gasteiger partial charge on any atom is 0.490 e. The number of aliphatic carboxylic acids is 1. The summed E-state index contributed by atoms with van der Waals surface area (Å²) in [4.78, 5) is 20.5. The number of carbonyl (C=O) groups is 2. The van der Waals surface area contributed by atoms with Crippen LogP contribution in [-0.4, -0.2) is 42.3 Å². The summed E-state index contributed by atoms with van der Waals surface area (Å²) in [5, 5.41) is 13.5. The minimum atomic E-state index is -5.08. The molecule has 8 heteroatoms.